The van der Waals surface area contributed by atoms with Crippen molar-refractivity contribution < 1.29 is 0 Å². The lowest BCUT2D eigenvalue weighted by atomic mass is 9.66. The third-order valence-electron chi connectivity index (χ3n) is 11.5. The summed E-state index contributed by atoms with van der Waals surface area (Å²) in [6.45, 7) is 0. The number of aromatic nitrogens is 4. The van der Waals surface area contributed by atoms with Crippen LogP contribution in [0.15, 0.2) is 127 Å². The maximum absolute atomic E-state index is 5.39. The van der Waals surface area contributed by atoms with Gasteiger partial charge in [-0.15, -0.1) is 11.3 Å². The summed E-state index contributed by atoms with van der Waals surface area (Å²) in [5, 5.41) is 5.01. The first-order valence-corrected chi connectivity index (χ1v) is 18.8. The van der Waals surface area contributed by atoms with Crippen LogP contribution in [0.2, 0.25) is 0 Å². The topological polar surface area (TPSA) is 43.6 Å². The molecule has 8 aromatic rings. The van der Waals surface area contributed by atoms with Crippen molar-refractivity contribution in [2.24, 2.45) is 0 Å². The van der Waals surface area contributed by atoms with Gasteiger partial charge in [-0.25, -0.2) is 4.98 Å². The van der Waals surface area contributed by atoms with Gasteiger partial charge in [0.05, 0.1) is 11.0 Å². The average molecular weight is 663 g/mol. The van der Waals surface area contributed by atoms with Crippen LogP contribution in [0.3, 0.4) is 0 Å². The highest BCUT2D eigenvalue weighted by Gasteiger charge is 2.45. The van der Waals surface area contributed by atoms with E-state index >= 15 is 0 Å². The highest BCUT2D eigenvalue weighted by molar-refractivity contribution is 7.26. The van der Waals surface area contributed by atoms with Crippen molar-refractivity contribution in [3.63, 3.8) is 0 Å². The molecule has 240 valence electrons. The number of hydrogen-bond donors (Lipinski definition) is 0. The van der Waals surface area contributed by atoms with E-state index in [9.17, 15) is 0 Å². The molecule has 50 heavy (non-hydrogen) atoms. The maximum Gasteiger partial charge on any atom is 0.238 e. The molecule has 0 N–H and O–H groups in total. The Balaban J connectivity index is 1.21. The van der Waals surface area contributed by atoms with Gasteiger partial charge in [0.15, 0.2) is 11.6 Å². The third kappa shape index (κ3) is 4.01. The molecule has 0 radical (unpaired) electrons. The number of fused-ring (bicyclic) bond motifs is 10. The number of para-hydroxylation sites is 1. The van der Waals surface area contributed by atoms with Crippen LogP contribution in [0.25, 0.3) is 76.3 Å². The number of nitrogens with zero attached hydrogens (tertiary/aromatic N) is 4. The van der Waals surface area contributed by atoms with Gasteiger partial charge in [0.1, 0.15) is 0 Å². The fraction of sp³-hybridized carbons (Fsp3) is 0.178. The van der Waals surface area contributed by atoms with Crippen molar-refractivity contribution in [2.45, 2.75) is 50.4 Å². The lowest BCUT2D eigenvalue weighted by Crippen LogP contribution is -2.29. The zero-order valence-corrected chi connectivity index (χ0v) is 28.5. The standard InChI is InChI=1S/C45H34N4S/c1-3-14-28(15-4-1)42-46-43(33-20-13-19-32-31-18-7-10-23-40(31)50-41(32)33)48-44(47-42)49-38-22-9-6-17-30(38)35-26-34-29-16-5-8-21-36(29)45(24-11-2-12-25-45)37(34)27-39(35)49/h1,3-4,6-10,13-15,17-23,26-27H,2,5,11-12,16,24-25H2. The molecule has 5 heteroatoms. The van der Waals surface area contributed by atoms with Crippen LogP contribution in [0.1, 0.15) is 56.1 Å². The van der Waals surface area contributed by atoms with Gasteiger partial charge in [-0.2, -0.15) is 9.97 Å². The van der Waals surface area contributed by atoms with Crippen molar-refractivity contribution in [3.05, 3.63) is 138 Å². The molecule has 1 fully saturated rings. The van der Waals surface area contributed by atoms with Gasteiger partial charge in [-0.05, 0) is 78.3 Å². The van der Waals surface area contributed by atoms with Gasteiger partial charge in [0.2, 0.25) is 5.95 Å². The van der Waals surface area contributed by atoms with E-state index in [1.165, 1.54) is 79.7 Å². The molecule has 3 aliphatic rings. The Morgan fingerprint density at radius 3 is 2.30 bits per heavy atom. The third-order valence-corrected chi connectivity index (χ3v) is 12.8. The summed E-state index contributed by atoms with van der Waals surface area (Å²) in [7, 11) is 0. The minimum atomic E-state index is 0.103. The highest BCUT2D eigenvalue weighted by atomic mass is 32.1. The zero-order chi connectivity index (χ0) is 32.8. The van der Waals surface area contributed by atoms with Gasteiger partial charge in [0.25, 0.3) is 0 Å². The van der Waals surface area contributed by atoms with E-state index in [0.717, 1.165) is 29.5 Å². The van der Waals surface area contributed by atoms with Gasteiger partial charge in [-0.1, -0.05) is 110 Å². The first-order valence-electron chi connectivity index (χ1n) is 18.0. The Hall–Kier alpha value is -5.39. The van der Waals surface area contributed by atoms with Crippen LogP contribution in [-0.2, 0) is 5.41 Å². The Bertz CT molecular complexity index is 2740. The Morgan fingerprint density at radius 2 is 1.40 bits per heavy atom. The SMILES string of the molecule is C1=CC2=C(CC1)c1cc3c4ccccc4n(-c4nc(-c5ccccc5)nc(-c5cccc6c5sc5ccccc56)n4)c3cc1C21CCCCC1. The molecule has 3 heterocycles. The van der Waals surface area contributed by atoms with Crippen LogP contribution in [-0.4, -0.2) is 19.5 Å². The van der Waals surface area contributed by atoms with E-state index in [1.807, 2.05) is 17.4 Å². The van der Waals surface area contributed by atoms with Gasteiger partial charge in [0, 0.05) is 47.5 Å². The maximum atomic E-state index is 5.39. The number of benzene rings is 5. The Labute approximate surface area is 294 Å². The predicted molar refractivity (Wildman–Crippen MR) is 208 cm³/mol. The molecule has 1 spiro atoms. The number of allylic oxidation sites excluding steroid dienone is 4. The summed E-state index contributed by atoms with van der Waals surface area (Å²) in [4.78, 5) is 15.9. The fourth-order valence-electron chi connectivity index (χ4n) is 9.33. The van der Waals surface area contributed by atoms with Gasteiger partial charge in [-0.3, -0.25) is 4.57 Å². The summed E-state index contributed by atoms with van der Waals surface area (Å²) in [6.07, 6.45) is 13.5. The summed E-state index contributed by atoms with van der Waals surface area (Å²) in [5.74, 6) is 2.04. The Kier molecular flexibility index (Phi) is 6.15. The van der Waals surface area contributed by atoms with Crippen molar-refractivity contribution in [3.8, 4) is 28.7 Å². The molecule has 1 saturated carbocycles. The smallest absolute Gasteiger partial charge is 0.238 e. The second kappa shape index (κ2) is 10.8. The molecule has 3 aliphatic carbocycles. The molecular weight excluding hydrogens is 629 g/mol. The first-order chi connectivity index (χ1) is 24.8. The molecule has 0 atom stereocenters. The molecule has 4 nitrogen and oxygen atoms in total. The van der Waals surface area contributed by atoms with Crippen molar-refractivity contribution in [2.75, 3.05) is 0 Å². The predicted octanol–water partition coefficient (Wildman–Crippen LogP) is 12.0. The van der Waals surface area contributed by atoms with Crippen molar-refractivity contribution in [1.29, 1.82) is 0 Å². The largest absolute Gasteiger partial charge is 0.278 e. The molecule has 0 bridgehead atoms. The molecule has 0 aliphatic heterocycles. The minimum Gasteiger partial charge on any atom is -0.278 e. The second-order valence-electron chi connectivity index (χ2n) is 14.2. The fourth-order valence-corrected chi connectivity index (χ4v) is 10.5. The summed E-state index contributed by atoms with van der Waals surface area (Å²) < 4.78 is 4.79. The molecule has 0 unspecified atom stereocenters. The molecule has 0 saturated heterocycles. The molecule has 3 aromatic heterocycles. The molecular formula is C45H34N4S. The lowest BCUT2D eigenvalue weighted by Gasteiger charge is -2.37. The second-order valence-corrected chi connectivity index (χ2v) is 15.2. The summed E-state index contributed by atoms with van der Waals surface area (Å²) >= 11 is 1.81. The van der Waals surface area contributed by atoms with E-state index in [0.29, 0.717) is 17.6 Å². The molecule has 5 aromatic carbocycles. The normalized spacial score (nSPS) is 16.6. The molecule has 11 rings (SSSR count). The van der Waals surface area contributed by atoms with Crippen LogP contribution in [0, 0.1) is 0 Å². The van der Waals surface area contributed by atoms with Gasteiger partial charge >= 0.3 is 0 Å². The minimum absolute atomic E-state index is 0.103. The van der Waals surface area contributed by atoms with E-state index in [-0.39, 0.29) is 5.41 Å². The zero-order valence-electron chi connectivity index (χ0n) is 27.7. The van der Waals surface area contributed by atoms with Crippen LogP contribution < -0.4 is 0 Å². The summed E-state index contributed by atoms with van der Waals surface area (Å²) in [5.41, 5.74) is 10.6. The van der Waals surface area contributed by atoms with E-state index in [2.05, 4.69) is 120 Å². The van der Waals surface area contributed by atoms with Crippen LogP contribution in [0.5, 0.6) is 0 Å². The van der Waals surface area contributed by atoms with Crippen LogP contribution >= 0.6 is 11.3 Å². The van der Waals surface area contributed by atoms with Crippen molar-refractivity contribution in [1.82, 2.24) is 19.5 Å². The highest BCUT2D eigenvalue weighted by Crippen LogP contribution is 2.57. The number of hydrogen-bond acceptors (Lipinski definition) is 4. The summed E-state index contributed by atoms with van der Waals surface area (Å²) in [6, 6.07) is 39.4. The van der Waals surface area contributed by atoms with E-state index in [1.54, 1.807) is 11.1 Å². The number of thiophene rings is 1. The molecule has 0 amide bonds. The van der Waals surface area contributed by atoms with Crippen molar-refractivity contribution >= 4 is 58.9 Å². The monoisotopic (exact) mass is 662 g/mol. The van der Waals surface area contributed by atoms with E-state index < -0.39 is 0 Å². The first kappa shape index (κ1) is 28.4. The van der Waals surface area contributed by atoms with Crippen LogP contribution in [0.4, 0.5) is 0 Å². The van der Waals surface area contributed by atoms with E-state index in [4.69, 9.17) is 15.0 Å². The Morgan fingerprint density at radius 1 is 0.620 bits per heavy atom. The van der Waals surface area contributed by atoms with Gasteiger partial charge < -0.3 is 0 Å². The quantitative estimate of drug-likeness (QED) is 0.189. The average Bonchev–Trinajstić information content (AvgIpc) is 3.81. The lowest BCUT2D eigenvalue weighted by molar-refractivity contribution is 0.350. The number of rotatable bonds is 3.